The molecule has 1 N–H and O–H groups in total. The van der Waals surface area contributed by atoms with Gasteiger partial charge in [0.1, 0.15) is 5.75 Å². The van der Waals surface area contributed by atoms with Gasteiger partial charge in [0, 0.05) is 25.1 Å². The van der Waals surface area contributed by atoms with Crippen molar-refractivity contribution < 1.29 is 19.4 Å². The van der Waals surface area contributed by atoms with Crippen molar-refractivity contribution in [2.75, 3.05) is 14.2 Å². The third kappa shape index (κ3) is 1.82. The Morgan fingerprint density at radius 1 is 1.39 bits per heavy atom. The van der Waals surface area contributed by atoms with Crippen LogP contribution in [-0.4, -0.2) is 29.9 Å². The number of phenols is 1. The second-order valence-electron chi connectivity index (χ2n) is 4.01. The Bertz CT molecular complexity index is 601. The van der Waals surface area contributed by atoms with Gasteiger partial charge in [-0.05, 0) is 18.2 Å². The summed E-state index contributed by atoms with van der Waals surface area (Å²) in [4.78, 5) is 11.9. The summed E-state index contributed by atoms with van der Waals surface area (Å²) >= 11 is 0. The second-order valence-corrected chi connectivity index (χ2v) is 4.01. The Morgan fingerprint density at radius 2 is 2.11 bits per heavy atom. The van der Waals surface area contributed by atoms with Crippen molar-refractivity contribution in [2.45, 2.75) is 6.61 Å². The first-order chi connectivity index (χ1) is 8.60. The Balaban J connectivity index is 2.79. The van der Waals surface area contributed by atoms with E-state index in [0.717, 1.165) is 11.2 Å². The number of carbonyl (C=O) groups excluding carboxylic acids is 1. The average molecular weight is 249 g/mol. The van der Waals surface area contributed by atoms with Gasteiger partial charge in [0.25, 0.3) is 0 Å². The van der Waals surface area contributed by atoms with Crippen molar-refractivity contribution in [2.24, 2.45) is 7.05 Å². The first-order valence-electron chi connectivity index (χ1n) is 5.47. The van der Waals surface area contributed by atoms with E-state index in [-0.39, 0.29) is 5.75 Å². The number of aromatic hydroxyl groups is 1. The zero-order valence-corrected chi connectivity index (χ0v) is 10.6. The van der Waals surface area contributed by atoms with E-state index in [2.05, 4.69) is 0 Å². The maximum absolute atomic E-state index is 11.9. The Kier molecular flexibility index (Phi) is 3.25. The number of carbonyl (C=O) groups is 1. The van der Waals surface area contributed by atoms with Crippen LogP contribution in [0.1, 0.15) is 16.1 Å². The number of hydrogen-bond donors (Lipinski definition) is 1. The molecule has 0 amide bonds. The Labute approximate surface area is 105 Å². The van der Waals surface area contributed by atoms with Crippen LogP contribution in [0.25, 0.3) is 10.9 Å². The van der Waals surface area contributed by atoms with Crippen LogP contribution in [0.4, 0.5) is 0 Å². The van der Waals surface area contributed by atoms with Crippen LogP contribution in [0, 0.1) is 0 Å². The molecule has 5 nitrogen and oxygen atoms in total. The molecule has 0 radical (unpaired) electrons. The normalized spacial score (nSPS) is 10.8. The van der Waals surface area contributed by atoms with E-state index in [9.17, 15) is 9.90 Å². The van der Waals surface area contributed by atoms with E-state index in [4.69, 9.17) is 9.47 Å². The lowest BCUT2D eigenvalue weighted by Crippen LogP contribution is -2.07. The van der Waals surface area contributed by atoms with E-state index in [1.54, 1.807) is 25.3 Å². The zero-order chi connectivity index (χ0) is 13.3. The van der Waals surface area contributed by atoms with Gasteiger partial charge in [0.2, 0.25) is 0 Å². The highest BCUT2D eigenvalue weighted by molar-refractivity contribution is 6.06. The molecule has 96 valence electrons. The number of aromatic nitrogens is 1. The van der Waals surface area contributed by atoms with E-state index in [0.29, 0.717) is 17.6 Å². The summed E-state index contributed by atoms with van der Waals surface area (Å²) in [6, 6.07) is 4.90. The maximum atomic E-state index is 11.9. The standard InChI is InChI=1S/C13H15NO4/c1-14-10-5-4-8(15)6-9(10)12(13(16)18-3)11(14)7-17-2/h4-6,15H,7H2,1-3H3. The molecule has 1 aromatic heterocycles. The summed E-state index contributed by atoms with van der Waals surface area (Å²) in [5, 5.41) is 10.2. The minimum absolute atomic E-state index is 0.113. The molecule has 0 atom stereocenters. The summed E-state index contributed by atoms with van der Waals surface area (Å²) in [6.07, 6.45) is 0. The molecule has 0 saturated carbocycles. The lowest BCUT2D eigenvalue weighted by Gasteiger charge is -2.05. The van der Waals surface area contributed by atoms with E-state index >= 15 is 0 Å². The fraction of sp³-hybridized carbons (Fsp3) is 0.308. The molecule has 2 aromatic rings. The van der Waals surface area contributed by atoms with Gasteiger partial charge in [-0.15, -0.1) is 0 Å². The molecule has 0 aliphatic rings. The van der Waals surface area contributed by atoms with Crippen molar-refractivity contribution in [3.63, 3.8) is 0 Å². The molecule has 0 spiro atoms. The predicted octanol–water partition coefficient (Wildman–Crippen LogP) is 1.82. The summed E-state index contributed by atoms with van der Waals surface area (Å²) in [6.45, 7) is 0.302. The van der Waals surface area contributed by atoms with Crippen LogP contribution in [0.3, 0.4) is 0 Å². The average Bonchev–Trinajstić information content (AvgIpc) is 2.62. The summed E-state index contributed by atoms with van der Waals surface area (Å²) in [7, 11) is 4.75. The van der Waals surface area contributed by atoms with Gasteiger partial charge in [-0.3, -0.25) is 0 Å². The van der Waals surface area contributed by atoms with Gasteiger partial charge in [-0.1, -0.05) is 0 Å². The first kappa shape index (κ1) is 12.4. The van der Waals surface area contributed by atoms with Gasteiger partial charge in [0.15, 0.2) is 0 Å². The topological polar surface area (TPSA) is 60.7 Å². The molecule has 0 aliphatic heterocycles. The van der Waals surface area contributed by atoms with Crippen LogP contribution >= 0.6 is 0 Å². The number of esters is 1. The number of aryl methyl sites for hydroxylation is 1. The van der Waals surface area contributed by atoms with Gasteiger partial charge < -0.3 is 19.1 Å². The van der Waals surface area contributed by atoms with Crippen LogP contribution in [0.5, 0.6) is 5.75 Å². The molecule has 0 fully saturated rings. The maximum Gasteiger partial charge on any atom is 0.340 e. The fourth-order valence-corrected chi connectivity index (χ4v) is 2.12. The monoisotopic (exact) mass is 249 g/mol. The summed E-state index contributed by atoms with van der Waals surface area (Å²) in [5.74, 6) is -0.319. The third-order valence-corrected chi connectivity index (χ3v) is 2.97. The van der Waals surface area contributed by atoms with Gasteiger partial charge in [-0.2, -0.15) is 0 Å². The van der Waals surface area contributed by atoms with Crippen molar-refractivity contribution in [1.29, 1.82) is 0 Å². The lowest BCUT2D eigenvalue weighted by molar-refractivity contribution is 0.0597. The van der Waals surface area contributed by atoms with Crippen LogP contribution in [0.15, 0.2) is 18.2 Å². The number of rotatable bonds is 3. The van der Waals surface area contributed by atoms with E-state index < -0.39 is 5.97 Å². The van der Waals surface area contributed by atoms with Crippen LogP contribution in [0.2, 0.25) is 0 Å². The third-order valence-electron chi connectivity index (χ3n) is 2.97. The van der Waals surface area contributed by atoms with E-state index in [1.807, 2.05) is 11.6 Å². The Hall–Kier alpha value is -2.01. The highest BCUT2D eigenvalue weighted by Crippen LogP contribution is 2.29. The molecule has 0 aliphatic carbocycles. The quantitative estimate of drug-likeness (QED) is 0.843. The number of fused-ring (bicyclic) bond motifs is 1. The Morgan fingerprint density at radius 3 is 2.72 bits per heavy atom. The fourth-order valence-electron chi connectivity index (χ4n) is 2.12. The minimum atomic E-state index is -0.432. The summed E-state index contributed by atoms with van der Waals surface area (Å²) in [5.41, 5.74) is 2.01. The largest absolute Gasteiger partial charge is 0.508 e. The van der Waals surface area contributed by atoms with Gasteiger partial charge in [-0.25, -0.2) is 4.79 Å². The van der Waals surface area contributed by atoms with Crippen LogP contribution < -0.4 is 0 Å². The number of methoxy groups -OCH3 is 2. The van der Waals surface area contributed by atoms with Crippen molar-refractivity contribution in [1.82, 2.24) is 4.57 Å². The molecular weight excluding hydrogens is 234 g/mol. The molecule has 5 heteroatoms. The molecule has 1 heterocycles. The predicted molar refractivity (Wildman–Crippen MR) is 66.6 cm³/mol. The van der Waals surface area contributed by atoms with Gasteiger partial charge in [0.05, 0.1) is 25.0 Å². The van der Waals surface area contributed by atoms with E-state index in [1.165, 1.54) is 7.11 Å². The van der Waals surface area contributed by atoms with Crippen molar-refractivity contribution in [3.05, 3.63) is 29.5 Å². The smallest absolute Gasteiger partial charge is 0.340 e. The lowest BCUT2D eigenvalue weighted by atomic mass is 10.1. The number of nitrogens with zero attached hydrogens (tertiary/aromatic N) is 1. The molecule has 2 rings (SSSR count). The van der Waals surface area contributed by atoms with Crippen LogP contribution in [-0.2, 0) is 23.1 Å². The summed E-state index contributed by atoms with van der Waals surface area (Å²) < 4.78 is 11.8. The zero-order valence-electron chi connectivity index (χ0n) is 10.6. The highest BCUT2D eigenvalue weighted by Gasteiger charge is 2.21. The van der Waals surface area contributed by atoms with Gasteiger partial charge >= 0.3 is 5.97 Å². The number of hydrogen-bond acceptors (Lipinski definition) is 4. The molecular formula is C13H15NO4. The highest BCUT2D eigenvalue weighted by atomic mass is 16.5. The molecule has 0 bridgehead atoms. The van der Waals surface area contributed by atoms with Crippen molar-refractivity contribution in [3.8, 4) is 5.75 Å². The minimum Gasteiger partial charge on any atom is -0.508 e. The molecule has 18 heavy (non-hydrogen) atoms. The number of phenolic OH excluding ortho intramolecular Hbond substituents is 1. The molecule has 0 unspecified atom stereocenters. The number of benzene rings is 1. The first-order valence-corrected chi connectivity index (χ1v) is 5.47. The second kappa shape index (κ2) is 4.70. The SMILES string of the molecule is COCc1c(C(=O)OC)c2cc(O)ccc2n1C. The molecule has 0 saturated heterocycles. The van der Waals surface area contributed by atoms with Crippen molar-refractivity contribution >= 4 is 16.9 Å². The molecule has 1 aromatic carbocycles. The number of ether oxygens (including phenoxy) is 2.